The molecule has 0 saturated heterocycles. The van der Waals surface area contributed by atoms with Crippen LogP contribution in [0.1, 0.15) is 26.4 Å². The van der Waals surface area contributed by atoms with Crippen LogP contribution in [0.2, 0.25) is 5.02 Å². The maximum absolute atomic E-state index is 12.8. The molecule has 2 amide bonds. The second-order valence-electron chi connectivity index (χ2n) is 6.12. The van der Waals surface area contributed by atoms with Crippen LogP contribution in [0.3, 0.4) is 0 Å². The number of hydrogen-bond acceptors (Lipinski definition) is 3. The number of nitrogens with one attached hydrogen (secondary N) is 2. The zero-order valence-electron chi connectivity index (χ0n) is 15.2. The van der Waals surface area contributed by atoms with Crippen LogP contribution in [-0.4, -0.2) is 11.8 Å². The van der Waals surface area contributed by atoms with Gasteiger partial charge >= 0.3 is 0 Å². The Bertz CT molecular complexity index is 1010. The summed E-state index contributed by atoms with van der Waals surface area (Å²) in [5.41, 5.74) is 2.35. The van der Waals surface area contributed by atoms with Gasteiger partial charge in [0.15, 0.2) is 0 Å². The molecule has 0 bridgehead atoms. The molecule has 142 valence electrons. The van der Waals surface area contributed by atoms with E-state index in [9.17, 15) is 9.59 Å². The van der Waals surface area contributed by atoms with Crippen molar-refractivity contribution < 1.29 is 9.59 Å². The van der Waals surface area contributed by atoms with Gasteiger partial charge in [-0.3, -0.25) is 9.59 Å². The number of rotatable bonds is 6. The molecule has 0 atom stereocenters. The van der Waals surface area contributed by atoms with Crippen molar-refractivity contribution in [3.05, 3.63) is 98.3 Å². The van der Waals surface area contributed by atoms with Crippen LogP contribution >= 0.6 is 22.9 Å². The Morgan fingerprint density at radius 1 is 1.04 bits per heavy atom. The first kappa shape index (κ1) is 19.9. The molecule has 2 N–H and O–H groups in total. The summed E-state index contributed by atoms with van der Waals surface area (Å²) in [6.07, 6.45) is 1.67. The number of halogens is 1. The number of thiophene rings is 1. The molecule has 3 rings (SSSR count). The number of carbonyl (C=O) groups excluding carboxylic acids is 2. The molecule has 0 saturated carbocycles. The Hall–Kier alpha value is -2.89. The summed E-state index contributed by atoms with van der Waals surface area (Å²) in [7, 11) is 0. The minimum absolute atomic E-state index is 0.183. The summed E-state index contributed by atoms with van der Waals surface area (Å²) >= 11 is 7.63. The lowest BCUT2D eigenvalue weighted by Crippen LogP contribution is -2.34. The Morgan fingerprint density at radius 3 is 2.50 bits per heavy atom. The third-order valence-electron chi connectivity index (χ3n) is 4.11. The van der Waals surface area contributed by atoms with E-state index in [1.165, 1.54) is 11.3 Å². The lowest BCUT2D eigenvalue weighted by Gasteiger charge is -2.12. The maximum atomic E-state index is 12.8. The molecule has 0 aliphatic rings. The van der Waals surface area contributed by atoms with Crippen LogP contribution in [0.5, 0.6) is 0 Å². The lowest BCUT2D eigenvalue weighted by atomic mass is 10.1. The van der Waals surface area contributed by atoms with Crippen molar-refractivity contribution in [2.45, 2.75) is 13.5 Å². The van der Waals surface area contributed by atoms with Gasteiger partial charge in [-0.15, -0.1) is 11.3 Å². The van der Waals surface area contributed by atoms with Crippen LogP contribution in [0, 0.1) is 6.92 Å². The molecule has 0 aliphatic carbocycles. The van der Waals surface area contributed by atoms with E-state index in [4.69, 9.17) is 11.6 Å². The fourth-order valence-corrected chi connectivity index (χ4v) is 3.46. The Kier molecular flexibility index (Phi) is 6.63. The van der Waals surface area contributed by atoms with Crippen molar-refractivity contribution in [1.82, 2.24) is 10.6 Å². The highest BCUT2D eigenvalue weighted by molar-refractivity contribution is 7.10. The van der Waals surface area contributed by atoms with Gasteiger partial charge in [-0.1, -0.05) is 54.1 Å². The average molecular weight is 411 g/mol. The Labute approximate surface area is 172 Å². The quantitative estimate of drug-likeness (QED) is 0.573. The molecule has 0 spiro atoms. The normalized spacial score (nSPS) is 11.1. The first-order valence-electron chi connectivity index (χ1n) is 8.68. The largest absolute Gasteiger partial charge is 0.347 e. The first-order valence-corrected chi connectivity index (χ1v) is 9.94. The third-order valence-corrected chi connectivity index (χ3v) is 5.30. The van der Waals surface area contributed by atoms with Gasteiger partial charge in [-0.25, -0.2) is 0 Å². The van der Waals surface area contributed by atoms with Crippen LogP contribution in [0.25, 0.3) is 6.08 Å². The van der Waals surface area contributed by atoms with Gasteiger partial charge in [0.05, 0.1) is 0 Å². The number of amides is 2. The summed E-state index contributed by atoms with van der Waals surface area (Å²) in [6, 6.07) is 18.3. The maximum Gasteiger partial charge on any atom is 0.268 e. The van der Waals surface area contributed by atoms with Gasteiger partial charge in [0, 0.05) is 22.0 Å². The molecule has 0 aliphatic heterocycles. The number of carbonyl (C=O) groups is 2. The molecule has 0 radical (unpaired) electrons. The molecule has 1 aromatic heterocycles. The standard InChI is InChI=1S/C22H19ClN2O2S/c1-15-7-2-4-10-18(15)21(26)25-20(13-17-9-6-12-28-17)22(27)24-14-16-8-3-5-11-19(16)23/h2-13H,14H2,1H3,(H,24,27)(H,25,26)/b20-13-. The highest BCUT2D eigenvalue weighted by Gasteiger charge is 2.16. The van der Waals surface area contributed by atoms with Gasteiger partial charge in [0.2, 0.25) is 0 Å². The van der Waals surface area contributed by atoms with E-state index in [2.05, 4.69) is 10.6 Å². The summed E-state index contributed by atoms with van der Waals surface area (Å²) in [5, 5.41) is 8.06. The molecular formula is C22H19ClN2O2S. The first-order chi connectivity index (χ1) is 13.5. The van der Waals surface area contributed by atoms with Crippen molar-refractivity contribution in [2.75, 3.05) is 0 Å². The Morgan fingerprint density at radius 2 is 1.79 bits per heavy atom. The van der Waals surface area contributed by atoms with Gasteiger partial charge in [-0.2, -0.15) is 0 Å². The third kappa shape index (κ3) is 5.09. The average Bonchev–Trinajstić information content (AvgIpc) is 3.20. The van der Waals surface area contributed by atoms with Crippen LogP contribution in [0.15, 0.2) is 71.7 Å². The van der Waals surface area contributed by atoms with E-state index in [-0.39, 0.29) is 24.1 Å². The molecule has 3 aromatic rings. The minimum atomic E-state index is -0.379. The van der Waals surface area contributed by atoms with Crippen LogP contribution in [-0.2, 0) is 11.3 Å². The highest BCUT2D eigenvalue weighted by Crippen LogP contribution is 2.16. The molecule has 6 heteroatoms. The second kappa shape index (κ2) is 9.35. The second-order valence-corrected chi connectivity index (χ2v) is 7.50. The van der Waals surface area contributed by atoms with Crippen molar-refractivity contribution in [3.8, 4) is 0 Å². The molecule has 0 unspecified atom stereocenters. The van der Waals surface area contributed by atoms with Crippen molar-refractivity contribution in [3.63, 3.8) is 0 Å². The van der Waals surface area contributed by atoms with Crippen molar-refractivity contribution >= 4 is 40.8 Å². The summed E-state index contributed by atoms with van der Waals surface area (Å²) in [5.74, 6) is -0.705. The van der Waals surface area contributed by atoms with Gasteiger partial charge in [0.25, 0.3) is 11.8 Å². The van der Waals surface area contributed by atoms with E-state index in [1.807, 2.05) is 54.8 Å². The zero-order chi connectivity index (χ0) is 19.9. The summed E-state index contributed by atoms with van der Waals surface area (Å²) < 4.78 is 0. The zero-order valence-corrected chi connectivity index (χ0v) is 16.8. The predicted molar refractivity (Wildman–Crippen MR) is 114 cm³/mol. The monoisotopic (exact) mass is 410 g/mol. The Balaban J connectivity index is 1.79. The SMILES string of the molecule is Cc1ccccc1C(=O)N/C(=C\c1cccs1)C(=O)NCc1ccccc1Cl. The number of aryl methyl sites for hydroxylation is 1. The van der Waals surface area contributed by atoms with Crippen molar-refractivity contribution in [2.24, 2.45) is 0 Å². The number of benzene rings is 2. The number of hydrogen-bond donors (Lipinski definition) is 2. The summed E-state index contributed by atoms with van der Waals surface area (Å²) in [6.45, 7) is 2.12. The van der Waals surface area contributed by atoms with E-state index in [1.54, 1.807) is 24.3 Å². The van der Waals surface area contributed by atoms with Gasteiger partial charge in [-0.05, 0) is 47.7 Å². The fraction of sp³-hybridized carbons (Fsp3) is 0.0909. The van der Waals surface area contributed by atoms with Gasteiger partial charge in [0.1, 0.15) is 5.70 Å². The van der Waals surface area contributed by atoms with E-state index < -0.39 is 0 Å². The molecule has 2 aromatic carbocycles. The van der Waals surface area contributed by atoms with Crippen molar-refractivity contribution in [1.29, 1.82) is 0 Å². The minimum Gasteiger partial charge on any atom is -0.347 e. The van der Waals surface area contributed by atoms with Crippen LogP contribution in [0.4, 0.5) is 0 Å². The summed E-state index contributed by atoms with van der Waals surface area (Å²) in [4.78, 5) is 26.3. The van der Waals surface area contributed by atoms with E-state index >= 15 is 0 Å². The molecular weight excluding hydrogens is 392 g/mol. The van der Waals surface area contributed by atoms with Crippen LogP contribution < -0.4 is 10.6 Å². The smallest absolute Gasteiger partial charge is 0.268 e. The van der Waals surface area contributed by atoms with E-state index in [0.29, 0.717) is 10.6 Å². The highest BCUT2D eigenvalue weighted by atomic mass is 35.5. The predicted octanol–water partition coefficient (Wildman–Crippen LogP) is 4.80. The molecule has 1 heterocycles. The lowest BCUT2D eigenvalue weighted by molar-refractivity contribution is -0.117. The van der Waals surface area contributed by atoms with Gasteiger partial charge < -0.3 is 10.6 Å². The molecule has 4 nitrogen and oxygen atoms in total. The fourth-order valence-electron chi connectivity index (χ4n) is 2.60. The molecule has 0 fully saturated rings. The van der Waals surface area contributed by atoms with E-state index in [0.717, 1.165) is 16.0 Å². The topological polar surface area (TPSA) is 58.2 Å². The molecule has 28 heavy (non-hydrogen) atoms.